The van der Waals surface area contributed by atoms with Gasteiger partial charge in [0.05, 0.1) is 10.0 Å². The van der Waals surface area contributed by atoms with Crippen LogP contribution < -0.4 is 5.32 Å². The maximum Gasteiger partial charge on any atom is 0.0640 e. The first-order chi connectivity index (χ1) is 9.98. The summed E-state index contributed by atoms with van der Waals surface area (Å²) in [6, 6.07) is 16.4. The highest BCUT2D eigenvalue weighted by molar-refractivity contribution is 6.42. The van der Waals surface area contributed by atoms with Gasteiger partial charge in [0.15, 0.2) is 0 Å². The zero-order valence-electron chi connectivity index (χ0n) is 12.7. The van der Waals surface area contributed by atoms with Crippen LogP contribution >= 0.6 is 23.2 Å². The zero-order valence-corrected chi connectivity index (χ0v) is 14.2. The zero-order chi connectivity index (χ0) is 15.5. The lowest BCUT2D eigenvalue weighted by Gasteiger charge is -2.36. The minimum atomic E-state index is -0.106. The number of hydrogen-bond acceptors (Lipinski definition) is 1. The van der Waals surface area contributed by atoms with Crippen molar-refractivity contribution < 1.29 is 0 Å². The molecule has 0 spiro atoms. The van der Waals surface area contributed by atoms with Crippen LogP contribution in [0.2, 0.25) is 10.0 Å². The molecule has 2 rings (SSSR count). The van der Waals surface area contributed by atoms with Crippen molar-refractivity contribution in [3.63, 3.8) is 0 Å². The topological polar surface area (TPSA) is 12.0 Å². The third-order valence-electron chi connectivity index (χ3n) is 3.94. The molecule has 0 bridgehead atoms. The summed E-state index contributed by atoms with van der Waals surface area (Å²) in [6.45, 7) is 7.43. The molecule has 1 N–H and O–H groups in total. The third-order valence-corrected chi connectivity index (χ3v) is 4.77. The number of nitrogens with one attached hydrogen (secondary N) is 1. The van der Waals surface area contributed by atoms with Crippen LogP contribution in [-0.4, -0.2) is 6.54 Å². The van der Waals surface area contributed by atoms with E-state index in [0.29, 0.717) is 10.0 Å². The van der Waals surface area contributed by atoms with Gasteiger partial charge in [-0.2, -0.15) is 0 Å². The predicted molar refractivity (Wildman–Crippen MR) is 92.3 cm³/mol. The van der Waals surface area contributed by atoms with Gasteiger partial charge in [-0.15, -0.1) is 0 Å². The van der Waals surface area contributed by atoms with Crippen LogP contribution in [0.3, 0.4) is 0 Å². The summed E-state index contributed by atoms with van der Waals surface area (Å²) in [5.74, 6) is 0. The van der Waals surface area contributed by atoms with Crippen LogP contribution in [0, 0.1) is 0 Å². The monoisotopic (exact) mass is 321 g/mol. The Morgan fingerprint density at radius 3 is 2.29 bits per heavy atom. The fraction of sp³-hybridized carbons (Fsp3) is 0.333. The molecule has 0 radical (unpaired) electrons. The second-order valence-electron chi connectivity index (χ2n) is 5.72. The average molecular weight is 322 g/mol. The van der Waals surface area contributed by atoms with Crippen LogP contribution in [0.15, 0.2) is 48.5 Å². The van der Waals surface area contributed by atoms with Crippen LogP contribution in [0.25, 0.3) is 0 Å². The van der Waals surface area contributed by atoms with Gasteiger partial charge in [-0.1, -0.05) is 86.4 Å². The van der Waals surface area contributed by atoms with Gasteiger partial charge in [0.2, 0.25) is 0 Å². The minimum absolute atomic E-state index is 0.0936. The lowest BCUT2D eigenvalue weighted by molar-refractivity contribution is 0.354. The van der Waals surface area contributed by atoms with Crippen molar-refractivity contribution in [3.8, 4) is 0 Å². The molecule has 0 aliphatic heterocycles. The Bertz CT molecular complexity index is 593. The normalized spacial score (nSPS) is 13.2. The maximum atomic E-state index is 6.45. The standard InChI is InChI=1S/C18H21Cl2N/c1-4-21-17(14-11-8-12-15(19)16(14)20)18(2,3)13-9-6-5-7-10-13/h5-12,17,21H,4H2,1-3H3. The molecule has 0 aromatic heterocycles. The summed E-state index contributed by atoms with van der Waals surface area (Å²) in [7, 11) is 0. The van der Waals surface area contributed by atoms with E-state index in [-0.39, 0.29) is 11.5 Å². The van der Waals surface area contributed by atoms with Crippen molar-refractivity contribution >= 4 is 23.2 Å². The van der Waals surface area contributed by atoms with Crippen molar-refractivity contribution in [1.82, 2.24) is 5.32 Å². The van der Waals surface area contributed by atoms with Crippen LogP contribution in [-0.2, 0) is 5.41 Å². The van der Waals surface area contributed by atoms with E-state index in [1.807, 2.05) is 24.3 Å². The molecule has 0 amide bonds. The number of rotatable bonds is 5. The minimum Gasteiger partial charge on any atom is -0.309 e. The van der Waals surface area contributed by atoms with E-state index in [1.54, 1.807) is 0 Å². The molecule has 0 aliphatic rings. The summed E-state index contributed by atoms with van der Waals surface area (Å²) in [5.41, 5.74) is 2.21. The molecule has 1 nitrogen and oxygen atoms in total. The first-order valence-corrected chi connectivity index (χ1v) is 7.97. The molecule has 1 unspecified atom stereocenters. The Morgan fingerprint density at radius 2 is 1.67 bits per heavy atom. The second-order valence-corrected chi connectivity index (χ2v) is 6.51. The van der Waals surface area contributed by atoms with Crippen molar-refractivity contribution in [1.29, 1.82) is 0 Å². The van der Waals surface area contributed by atoms with Gasteiger partial charge in [-0.25, -0.2) is 0 Å². The van der Waals surface area contributed by atoms with Crippen molar-refractivity contribution in [2.45, 2.75) is 32.2 Å². The van der Waals surface area contributed by atoms with Crippen LogP contribution in [0.1, 0.15) is 37.9 Å². The van der Waals surface area contributed by atoms with Crippen molar-refractivity contribution in [3.05, 3.63) is 69.7 Å². The highest BCUT2D eigenvalue weighted by Crippen LogP contribution is 2.41. The molecule has 1 atom stereocenters. The average Bonchev–Trinajstić information content (AvgIpc) is 2.49. The Labute approximate surface area is 137 Å². The molecular weight excluding hydrogens is 301 g/mol. The molecule has 3 heteroatoms. The van der Waals surface area contributed by atoms with Gasteiger partial charge in [-0.05, 0) is 23.7 Å². The Hall–Kier alpha value is -1.02. The van der Waals surface area contributed by atoms with Crippen LogP contribution in [0.4, 0.5) is 0 Å². The van der Waals surface area contributed by atoms with Gasteiger partial charge in [0.25, 0.3) is 0 Å². The van der Waals surface area contributed by atoms with E-state index < -0.39 is 0 Å². The molecule has 2 aromatic carbocycles. The smallest absolute Gasteiger partial charge is 0.0640 e. The first-order valence-electron chi connectivity index (χ1n) is 7.21. The summed E-state index contributed by atoms with van der Waals surface area (Å²) >= 11 is 12.6. The molecule has 0 fully saturated rings. The molecule has 0 saturated carbocycles. The fourth-order valence-electron chi connectivity index (χ4n) is 2.74. The van der Waals surface area contributed by atoms with Gasteiger partial charge in [0.1, 0.15) is 0 Å². The summed E-state index contributed by atoms with van der Waals surface area (Å²) in [6.07, 6.45) is 0. The maximum absolute atomic E-state index is 6.45. The van der Waals surface area contributed by atoms with Gasteiger partial charge in [0, 0.05) is 11.5 Å². The molecule has 0 aliphatic carbocycles. The molecule has 2 aromatic rings. The van der Waals surface area contributed by atoms with E-state index in [0.717, 1.165) is 12.1 Å². The predicted octanol–water partition coefficient (Wildman–Crippen LogP) is 5.62. The van der Waals surface area contributed by atoms with Gasteiger partial charge in [-0.3, -0.25) is 0 Å². The number of benzene rings is 2. The fourth-order valence-corrected chi connectivity index (χ4v) is 3.15. The SMILES string of the molecule is CCNC(c1cccc(Cl)c1Cl)C(C)(C)c1ccccc1. The summed E-state index contributed by atoms with van der Waals surface area (Å²) in [4.78, 5) is 0. The lowest BCUT2D eigenvalue weighted by atomic mass is 9.75. The van der Waals surface area contributed by atoms with Crippen molar-refractivity contribution in [2.75, 3.05) is 6.54 Å². The molecule has 21 heavy (non-hydrogen) atoms. The number of hydrogen-bond donors (Lipinski definition) is 1. The van der Waals surface area contributed by atoms with E-state index in [9.17, 15) is 0 Å². The van der Waals surface area contributed by atoms with Crippen molar-refractivity contribution in [2.24, 2.45) is 0 Å². The quantitative estimate of drug-likeness (QED) is 0.753. The molecule has 112 valence electrons. The molecular formula is C18H21Cl2N. The summed E-state index contributed by atoms with van der Waals surface area (Å²) < 4.78 is 0. The highest BCUT2D eigenvalue weighted by Gasteiger charge is 2.33. The number of likely N-dealkylation sites (N-methyl/N-ethyl adjacent to an activating group) is 1. The lowest BCUT2D eigenvalue weighted by Crippen LogP contribution is -2.37. The van der Waals surface area contributed by atoms with E-state index in [1.165, 1.54) is 5.56 Å². The highest BCUT2D eigenvalue weighted by atomic mass is 35.5. The first kappa shape index (κ1) is 16.4. The van der Waals surface area contributed by atoms with Crippen LogP contribution in [0.5, 0.6) is 0 Å². The Morgan fingerprint density at radius 1 is 1.00 bits per heavy atom. The largest absolute Gasteiger partial charge is 0.309 e. The summed E-state index contributed by atoms with van der Waals surface area (Å²) in [5, 5.41) is 4.79. The third kappa shape index (κ3) is 3.42. The van der Waals surface area contributed by atoms with Gasteiger partial charge >= 0.3 is 0 Å². The van der Waals surface area contributed by atoms with E-state index in [2.05, 4.69) is 50.4 Å². The number of halogens is 2. The van der Waals surface area contributed by atoms with E-state index >= 15 is 0 Å². The molecule has 0 heterocycles. The Balaban J connectivity index is 2.50. The van der Waals surface area contributed by atoms with E-state index in [4.69, 9.17) is 23.2 Å². The Kier molecular flexibility index (Phi) is 5.32. The second kappa shape index (κ2) is 6.83. The molecule has 0 saturated heterocycles. The van der Waals surface area contributed by atoms with Gasteiger partial charge < -0.3 is 5.32 Å².